The van der Waals surface area contributed by atoms with Gasteiger partial charge in [-0.2, -0.15) is 0 Å². The number of hydrogen-bond donors (Lipinski definition) is 1. The first kappa shape index (κ1) is 17.3. The van der Waals surface area contributed by atoms with Gasteiger partial charge in [0.15, 0.2) is 0 Å². The van der Waals surface area contributed by atoms with Crippen molar-refractivity contribution in [1.82, 2.24) is 9.55 Å². The van der Waals surface area contributed by atoms with E-state index < -0.39 is 17.8 Å². The first-order valence-electron chi connectivity index (χ1n) is 7.73. The summed E-state index contributed by atoms with van der Waals surface area (Å²) in [6.07, 6.45) is 1.72. The van der Waals surface area contributed by atoms with Crippen LogP contribution in [0, 0.1) is 5.82 Å². The van der Waals surface area contributed by atoms with Gasteiger partial charge in [0.1, 0.15) is 11.9 Å². The second-order valence-electron chi connectivity index (χ2n) is 5.51. The first-order chi connectivity index (χ1) is 12.0. The third kappa shape index (κ3) is 3.46. The Balaban J connectivity index is 1.95. The molecule has 0 fully saturated rings. The minimum absolute atomic E-state index is 0.0634. The highest BCUT2D eigenvalue weighted by atomic mass is 79.9. The molecule has 0 spiro atoms. The Bertz CT molecular complexity index is 1000. The minimum Gasteiger partial charge on any atom is -0.322 e. The zero-order valence-corrected chi connectivity index (χ0v) is 15.0. The van der Waals surface area contributed by atoms with E-state index in [2.05, 4.69) is 26.2 Å². The standard InChI is InChI=1S/C18H15BrFN3O2/c1-2-16(17(24)22-15-8-7-11(19)9-13(15)20)23-10-21-14-6-4-3-5-12(14)18(23)25/h3-10,16H,2H2,1H3,(H,22,24). The summed E-state index contributed by atoms with van der Waals surface area (Å²) in [5.41, 5.74) is 0.329. The molecule has 128 valence electrons. The van der Waals surface area contributed by atoms with Crippen molar-refractivity contribution in [3.05, 3.63) is 69.4 Å². The maximum absolute atomic E-state index is 13.9. The fourth-order valence-electron chi connectivity index (χ4n) is 2.62. The molecule has 0 aliphatic carbocycles. The lowest BCUT2D eigenvalue weighted by molar-refractivity contribution is -0.119. The summed E-state index contributed by atoms with van der Waals surface area (Å²) < 4.78 is 15.8. The van der Waals surface area contributed by atoms with Crippen molar-refractivity contribution >= 4 is 38.4 Å². The second kappa shape index (κ2) is 7.14. The lowest BCUT2D eigenvalue weighted by atomic mass is 10.1. The Morgan fingerprint density at radius 3 is 2.80 bits per heavy atom. The van der Waals surface area contributed by atoms with Crippen LogP contribution in [0.2, 0.25) is 0 Å². The fraction of sp³-hybridized carbons (Fsp3) is 0.167. The maximum atomic E-state index is 13.9. The number of para-hydroxylation sites is 1. The summed E-state index contributed by atoms with van der Waals surface area (Å²) in [4.78, 5) is 29.5. The molecule has 5 nitrogen and oxygen atoms in total. The highest BCUT2D eigenvalue weighted by Gasteiger charge is 2.21. The molecule has 0 aliphatic rings. The van der Waals surface area contributed by atoms with Crippen LogP contribution in [-0.4, -0.2) is 15.5 Å². The average molecular weight is 404 g/mol. The van der Waals surface area contributed by atoms with Crippen molar-refractivity contribution in [3.63, 3.8) is 0 Å². The van der Waals surface area contributed by atoms with Crippen LogP contribution in [0.5, 0.6) is 0 Å². The van der Waals surface area contributed by atoms with Gasteiger partial charge >= 0.3 is 0 Å². The third-order valence-corrected chi connectivity index (χ3v) is 4.40. The first-order valence-corrected chi connectivity index (χ1v) is 8.52. The smallest absolute Gasteiger partial charge is 0.261 e. The highest BCUT2D eigenvalue weighted by Crippen LogP contribution is 2.21. The summed E-state index contributed by atoms with van der Waals surface area (Å²) in [6.45, 7) is 1.78. The highest BCUT2D eigenvalue weighted by molar-refractivity contribution is 9.10. The molecule has 25 heavy (non-hydrogen) atoms. The Morgan fingerprint density at radius 2 is 2.08 bits per heavy atom. The molecule has 0 radical (unpaired) electrons. The van der Waals surface area contributed by atoms with Gasteiger partial charge in [0.25, 0.3) is 5.56 Å². The molecule has 1 aromatic heterocycles. The summed E-state index contributed by atoms with van der Waals surface area (Å²) in [5.74, 6) is -1.02. The number of carbonyl (C=O) groups excluding carboxylic acids is 1. The molecule has 1 atom stereocenters. The van der Waals surface area contributed by atoms with E-state index in [4.69, 9.17) is 0 Å². The average Bonchev–Trinajstić information content (AvgIpc) is 2.60. The predicted octanol–water partition coefficient (Wildman–Crippen LogP) is 3.89. The number of halogens is 2. The number of hydrogen-bond acceptors (Lipinski definition) is 3. The van der Waals surface area contributed by atoms with Gasteiger partial charge in [-0.3, -0.25) is 14.2 Å². The fourth-order valence-corrected chi connectivity index (χ4v) is 2.95. The molecule has 3 aromatic rings. The van der Waals surface area contributed by atoms with Crippen LogP contribution in [0.25, 0.3) is 10.9 Å². The molecule has 1 unspecified atom stereocenters. The SMILES string of the molecule is CCC(C(=O)Nc1ccc(Br)cc1F)n1cnc2ccccc2c1=O. The van der Waals surface area contributed by atoms with Gasteiger partial charge in [0, 0.05) is 4.47 Å². The van der Waals surface area contributed by atoms with Crippen molar-refractivity contribution < 1.29 is 9.18 Å². The molecular weight excluding hydrogens is 389 g/mol. The van der Waals surface area contributed by atoms with E-state index in [-0.39, 0.29) is 11.2 Å². The molecule has 7 heteroatoms. The van der Waals surface area contributed by atoms with Crippen molar-refractivity contribution in [2.24, 2.45) is 0 Å². The number of carbonyl (C=O) groups is 1. The van der Waals surface area contributed by atoms with Crippen molar-refractivity contribution in [1.29, 1.82) is 0 Å². The molecule has 0 aliphatic heterocycles. The quantitative estimate of drug-likeness (QED) is 0.718. The molecule has 0 saturated carbocycles. The van der Waals surface area contributed by atoms with Crippen LogP contribution in [0.1, 0.15) is 19.4 Å². The monoisotopic (exact) mass is 403 g/mol. The van der Waals surface area contributed by atoms with E-state index in [0.717, 1.165) is 0 Å². The molecule has 3 rings (SSSR count). The summed E-state index contributed by atoms with van der Waals surface area (Å²) >= 11 is 3.17. The lowest BCUT2D eigenvalue weighted by Crippen LogP contribution is -2.33. The summed E-state index contributed by atoms with van der Waals surface area (Å²) in [5, 5.41) is 2.98. The molecule has 0 bridgehead atoms. The van der Waals surface area contributed by atoms with Crippen LogP contribution in [0.15, 0.2) is 58.1 Å². The molecule has 1 amide bonds. The molecule has 0 saturated heterocycles. The van der Waals surface area contributed by atoms with Crippen molar-refractivity contribution in [2.45, 2.75) is 19.4 Å². The summed E-state index contributed by atoms with van der Waals surface area (Å²) in [7, 11) is 0. The number of nitrogens with zero attached hydrogens (tertiary/aromatic N) is 2. The van der Waals surface area contributed by atoms with E-state index in [1.54, 1.807) is 37.3 Å². The van der Waals surface area contributed by atoms with Crippen LogP contribution >= 0.6 is 15.9 Å². The normalized spacial score (nSPS) is 12.1. The van der Waals surface area contributed by atoms with Gasteiger partial charge in [0.2, 0.25) is 5.91 Å². The zero-order valence-electron chi connectivity index (χ0n) is 13.4. The third-order valence-electron chi connectivity index (χ3n) is 3.90. The van der Waals surface area contributed by atoms with E-state index in [9.17, 15) is 14.0 Å². The number of amides is 1. The second-order valence-corrected chi connectivity index (χ2v) is 6.43. The molecular formula is C18H15BrFN3O2. The summed E-state index contributed by atoms with van der Waals surface area (Å²) in [6, 6.07) is 10.5. The Labute approximate surface area is 151 Å². The van der Waals surface area contributed by atoms with E-state index >= 15 is 0 Å². The number of benzene rings is 2. The zero-order chi connectivity index (χ0) is 18.0. The number of fused-ring (bicyclic) bond motifs is 1. The van der Waals surface area contributed by atoms with Crippen LogP contribution in [-0.2, 0) is 4.79 Å². The molecule has 1 N–H and O–H groups in total. The number of aromatic nitrogens is 2. The van der Waals surface area contributed by atoms with E-state index in [0.29, 0.717) is 21.8 Å². The number of rotatable bonds is 4. The van der Waals surface area contributed by atoms with Crippen LogP contribution in [0.3, 0.4) is 0 Å². The van der Waals surface area contributed by atoms with Gasteiger partial charge in [-0.25, -0.2) is 9.37 Å². The Morgan fingerprint density at radius 1 is 1.32 bits per heavy atom. The molecule has 2 aromatic carbocycles. The predicted molar refractivity (Wildman–Crippen MR) is 98.1 cm³/mol. The van der Waals surface area contributed by atoms with Gasteiger partial charge in [-0.15, -0.1) is 0 Å². The van der Waals surface area contributed by atoms with Crippen molar-refractivity contribution in [2.75, 3.05) is 5.32 Å². The van der Waals surface area contributed by atoms with E-state index in [1.807, 2.05) is 0 Å². The number of anilines is 1. The topological polar surface area (TPSA) is 64.0 Å². The Hall–Kier alpha value is -2.54. The van der Waals surface area contributed by atoms with Crippen molar-refractivity contribution in [3.8, 4) is 0 Å². The maximum Gasteiger partial charge on any atom is 0.261 e. The largest absolute Gasteiger partial charge is 0.322 e. The van der Waals surface area contributed by atoms with Gasteiger partial charge in [-0.1, -0.05) is 35.0 Å². The van der Waals surface area contributed by atoms with Crippen LogP contribution in [0.4, 0.5) is 10.1 Å². The van der Waals surface area contributed by atoms with Gasteiger partial charge < -0.3 is 5.32 Å². The number of nitrogens with one attached hydrogen (secondary N) is 1. The lowest BCUT2D eigenvalue weighted by Gasteiger charge is -2.18. The van der Waals surface area contributed by atoms with E-state index in [1.165, 1.54) is 23.0 Å². The Kier molecular flexibility index (Phi) is 4.94. The van der Waals surface area contributed by atoms with Gasteiger partial charge in [0.05, 0.1) is 22.9 Å². The molecule has 1 heterocycles. The minimum atomic E-state index is -0.785. The van der Waals surface area contributed by atoms with Crippen LogP contribution < -0.4 is 10.9 Å². The van der Waals surface area contributed by atoms with Gasteiger partial charge in [-0.05, 0) is 36.8 Å².